The van der Waals surface area contributed by atoms with E-state index in [0.29, 0.717) is 5.66 Å². The number of hydrogen-bond donors (Lipinski definition) is 0. The van der Waals surface area contributed by atoms with E-state index in [9.17, 15) is 0 Å². The largest absolute Gasteiger partial charge is 0.493 e. The van der Waals surface area contributed by atoms with Crippen molar-refractivity contribution >= 4 is 18.5 Å². The minimum atomic E-state index is -0.658. The van der Waals surface area contributed by atoms with E-state index in [1.54, 1.807) is 0 Å². The van der Waals surface area contributed by atoms with E-state index in [2.05, 4.69) is 112 Å². The van der Waals surface area contributed by atoms with Crippen LogP contribution in [0.15, 0.2) is 107 Å². The number of likely N-dealkylation sites (N-methyl/N-ethyl adjacent to an activating group) is 1. The van der Waals surface area contributed by atoms with Crippen molar-refractivity contribution in [1.82, 2.24) is 4.90 Å². The van der Waals surface area contributed by atoms with Crippen LogP contribution < -0.4 is 10.6 Å². The van der Waals surface area contributed by atoms with Gasteiger partial charge in [0.1, 0.15) is 11.9 Å². The summed E-state index contributed by atoms with van der Waals surface area (Å²) < 4.78 is 13.2. The highest BCUT2D eigenvalue weighted by Crippen LogP contribution is 2.52. The third-order valence-corrected chi connectivity index (χ3v) is 10.3. The minimum Gasteiger partial charge on any atom is -0.493 e. The molecule has 0 N–H and O–H groups in total. The molecule has 3 unspecified atom stereocenters. The van der Waals surface area contributed by atoms with Crippen LogP contribution >= 0.6 is 7.92 Å². The molecule has 0 spiro atoms. The van der Waals surface area contributed by atoms with Gasteiger partial charge in [0.25, 0.3) is 0 Å². The van der Waals surface area contributed by atoms with Gasteiger partial charge >= 0.3 is 0 Å². The van der Waals surface area contributed by atoms with Crippen LogP contribution in [0.5, 0.6) is 0 Å². The van der Waals surface area contributed by atoms with Crippen molar-refractivity contribution in [3.63, 3.8) is 0 Å². The Bertz CT molecular complexity index is 1140. The summed E-state index contributed by atoms with van der Waals surface area (Å²) in [6.07, 6.45) is 9.06. The fourth-order valence-electron chi connectivity index (χ4n) is 5.71. The number of hydrogen-bond acceptors (Lipinski definition) is 3. The summed E-state index contributed by atoms with van der Waals surface area (Å²) in [5.74, 6) is 1.08. The molecule has 0 radical (unpaired) electrons. The molecule has 3 atom stereocenters. The number of allylic oxidation sites excluding steroid dienone is 4. The maximum Gasteiger partial charge on any atom is 0.126 e. The quantitative estimate of drug-likeness (QED) is 0.430. The number of benzene rings is 2. The van der Waals surface area contributed by atoms with Gasteiger partial charge in [0.2, 0.25) is 0 Å². The minimum absolute atomic E-state index is 0.0285. The second-order valence-electron chi connectivity index (χ2n) is 9.99. The van der Waals surface area contributed by atoms with Crippen molar-refractivity contribution in [2.24, 2.45) is 0 Å². The molecule has 0 amide bonds. The van der Waals surface area contributed by atoms with Crippen molar-refractivity contribution in [2.75, 3.05) is 26.8 Å². The Morgan fingerprint density at radius 3 is 2.28 bits per heavy atom. The molecule has 2 aromatic carbocycles. The van der Waals surface area contributed by atoms with Crippen LogP contribution in [-0.4, -0.2) is 49.5 Å². The molecule has 0 saturated carbocycles. The molecule has 3 aliphatic rings. The SMILES string of the molecule is CCCOC1=C(C2=C(C)C=CC3C2OCCN3C)C(P(c2ccccc2)c2ccccc2)CC=C1C. The molecular formula is C32H38NO2P. The van der Waals surface area contributed by atoms with Gasteiger partial charge in [-0.3, -0.25) is 4.90 Å². The topological polar surface area (TPSA) is 21.7 Å². The van der Waals surface area contributed by atoms with Crippen molar-refractivity contribution in [3.05, 3.63) is 107 Å². The van der Waals surface area contributed by atoms with Crippen LogP contribution in [0, 0.1) is 0 Å². The third-order valence-electron chi connectivity index (χ3n) is 7.52. The summed E-state index contributed by atoms with van der Waals surface area (Å²) in [6, 6.07) is 22.4. The molecule has 1 fully saturated rings. The lowest BCUT2D eigenvalue weighted by Gasteiger charge is -2.44. The van der Waals surface area contributed by atoms with Gasteiger partial charge in [-0.05, 0) is 69.0 Å². The van der Waals surface area contributed by atoms with Gasteiger partial charge in [-0.25, -0.2) is 0 Å². The number of ether oxygens (including phenoxy) is 2. The zero-order valence-electron chi connectivity index (χ0n) is 22.0. The molecule has 2 aliphatic carbocycles. The molecule has 1 heterocycles. The Balaban J connectivity index is 1.71. The first-order valence-corrected chi connectivity index (χ1v) is 14.7. The van der Waals surface area contributed by atoms with E-state index in [1.165, 1.54) is 32.9 Å². The molecule has 2 aromatic rings. The Morgan fingerprint density at radius 2 is 1.64 bits per heavy atom. The van der Waals surface area contributed by atoms with Gasteiger partial charge in [0, 0.05) is 17.8 Å². The van der Waals surface area contributed by atoms with Gasteiger partial charge in [0.05, 0.1) is 19.3 Å². The van der Waals surface area contributed by atoms with Gasteiger partial charge in [-0.2, -0.15) is 0 Å². The highest BCUT2D eigenvalue weighted by atomic mass is 31.1. The van der Waals surface area contributed by atoms with Crippen molar-refractivity contribution < 1.29 is 9.47 Å². The first-order chi connectivity index (χ1) is 17.6. The summed E-state index contributed by atoms with van der Waals surface area (Å²) in [5, 5.41) is 2.82. The van der Waals surface area contributed by atoms with Gasteiger partial charge in [0.15, 0.2) is 0 Å². The van der Waals surface area contributed by atoms with Gasteiger partial charge < -0.3 is 9.47 Å². The average molecular weight is 500 g/mol. The van der Waals surface area contributed by atoms with E-state index in [0.717, 1.165) is 38.4 Å². The fourth-order valence-corrected chi connectivity index (χ4v) is 8.54. The normalized spacial score (nSPS) is 24.7. The predicted octanol–water partition coefficient (Wildman–Crippen LogP) is 6.10. The second kappa shape index (κ2) is 11.3. The van der Waals surface area contributed by atoms with Gasteiger partial charge in [-0.1, -0.05) is 85.8 Å². The molecule has 3 nitrogen and oxygen atoms in total. The third kappa shape index (κ3) is 4.90. The smallest absolute Gasteiger partial charge is 0.126 e. The molecule has 1 saturated heterocycles. The van der Waals surface area contributed by atoms with Crippen LogP contribution in [0.3, 0.4) is 0 Å². The van der Waals surface area contributed by atoms with Crippen LogP contribution in [-0.2, 0) is 9.47 Å². The lowest BCUT2D eigenvalue weighted by molar-refractivity contribution is -0.0265. The Hall–Kier alpha value is -2.45. The summed E-state index contributed by atoms with van der Waals surface area (Å²) in [5.41, 5.74) is 5.58. The van der Waals surface area contributed by atoms with E-state index in [1.807, 2.05) is 0 Å². The lowest BCUT2D eigenvalue weighted by atomic mass is 9.81. The number of nitrogens with zero attached hydrogens (tertiary/aromatic N) is 1. The van der Waals surface area contributed by atoms with E-state index >= 15 is 0 Å². The van der Waals surface area contributed by atoms with E-state index in [-0.39, 0.29) is 12.1 Å². The zero-order valence-corrected chi connectivity index (χ0v) is 22.9. The molecule has 0 bridgehead atoms. The second-order valence-corrected chi connectivity index (χ2v) is 12.4. The Kier molecular flexibility index (Phi) is 7.91. The summed E-state index contributed by atoms with van der Waals surface area (Å²) in [4.78, 5) is 2.43. The molecule has 0 aromatic heterocycles. The van der Waals surface area contributed by atoms with Crippen LogP contribution in [0.25, 0.3) is 0 Å². The predicted molar refractivity (Wildman–Crippen MR) is 153 cm³/mol. The van der Waals surface area contributed by atoms with Crippen molar-refractivity contribution in [3.8, 4) is 0 Å². The van der Waals surface area contributed by atoms with Crippen LogP contribution in [0.2, 0.25) is 0 Å². The first-order valence-electron chi connectivity index (χ1n) is 13.2. The van der Waals surface area contributed by atoms with Crippen molar-refractivity contribution in [2.45, 2.75) is 51.4 Å². The molecule has 188 valence electrons. The zero-order chi connectivity index (χ0) is 25.1. The number of rotatable bonds is 7. The fraction of sp³-hybridized carbons (Fsp3) is 0.375. The number of morpholine rings is 1. The van der Waals surface area contributed by atoms with Crippen molar-refractivity contribution in [1.29, 1.82) is 0 Å². The van der Waals surface area contributed by atoms with Crippen LogP contribution in [0.4, 0.5) is 0 Å². The van der Waals surface area contributed by atoms with E-state index < -0.39 is 7.92 Å². The molecule has 4 heteroatoms. The standard InChI is InChI=1S/C32H38NO2P/c1-5-21-34-31-24(3)17-19-28(36(25-12-8-6-9-13-25)26-14-10-7-11-15-26)30(31)29-23(2)16-18-27-32(29)35-22-20-33(27)4/h6-18,27-28,32H,5,19-22H2,1-4H3. The molecular weight excluding hydrogens is 461 g/mol. The molecule has 1 aliphatic heterocycles. The maximum absolute atomic E-state index is 6.61. The summed E-state index contributed by atoms with van der Waals surface area (Å²) in [7, 11) is 1.56. The molecule has 5 rings (SSSR count). The average Bonchev–Trinajstić information content (AvgIpc) is 2.90. The number of fused-ring (bicyclic) bond motifs is 1. The van der Waals surface area contributed by atoms with Gasteiger partial charge in [-0.15, -0.1) is 0 Å². The monoisotopic (exact) mass is 499 g/mol. The maximum atomic E-state index is 6.61. The van der Waals surface area contributed by atoms with E-state index in [4.69, 9.17) is 9.47 Å². The highest BCUT2D eigenvalue weighted by molar-refractivity contribution is 7.73. The summed E-state index contributed by atoms with van der Waals surface area (Å²) in [6.45, 7) is 9.09. The summed E-state index contributed by atoms with van der Waals surface area (Å²) >= 11 is 0. The lowest BCUT2D eigenvalue weighted by Crippen LogP contribution is -2.51. The molecule has 36 heavy (non-hydrogen) atoms. The Labute approximate surface area is 217 Å². The highest BCUT2D eigenvalue weighted by Gasteiger charge is 2.42. The first kappa shape index (κ1) is 25.2. The van der Waals surface area contributed by atoms with Crippen LogP contribution in [0.1, 0.15) is 33.6 Å². The Morgan fingerprint density at radius 1 is 0.972 bits per heavy atom.